The highest BCUT2D eigenvalue weighted by Crippen LogP contribution is 2.31. The van der Waals surface area contributed by atoms with Crippen molar-refractivity contribution in [3.05, 3.63) is 41.1 Å². The summed E-state index contributed by atoms with van der Waals surface area (Å²) in [6.07, 6.45) is 1.57. The number of aromatic nitrogens is 2. The highest BCUT2D eigenvalue weighted by atomic mass is 16.2. The van der Waals surface area contributed by atoms with E-state index in [1.54, 1.807) is 22.9 Å². The van der Waals surface area contributed by atoms with E-state index < -0.39 is 0 Å². The molecule has 0 aliphatic carbocycles. The fraction of sp³-hybridized carbons (Fsp3) is 0.409. The summed E-state index contributed by atoms with van der Waals surface area (Å²) in [6, 6.07) is 9.20. The first-order chi connectivity index (χ1) is 14.4. The zero-order valence-electron chi connectivity index (χ0n) is 17.8. The first kappa shape index (κ1) is 21.2. The second-order valence-corrected chi connectivity index (χ2v) is 7.38. The number of hydrogen-bond acceptors (Lipinski definition) is 6. The Labute approximate surface area is 176 Å². The molecule has 2 amide bonds. The van der Waals surface area contributed by atoms with Crippen LogP contribution in [0.15, 0.2) is 24.3 Å². The number of para-hydroxylation sites is 2. The average molecular weight is 406 g/mol. The Morgan fingerprint density at radius 2 is 2.03 bits per heavy atom. The minimum absolute atomic E-state index is 0.00481. The normalized spacial score (nSPS) is 15.6. The molecule has 0 bridgehead atoms. The van der Waals surface area contributed by atoms with Gasteiger partial charge in [0.15, 0.2) is 5.82 Å². The van der Waals surface area contributed by atoms with Gasteiger partial charge < -0.3 is 15.1 Å². The molecule has 156 valence electrons. The van der Waals surface area contributed by atoms with E-state index >= 15 is 0 Å². The molecule has 30 heavy (non-hydrogen) atoms. The second-order valence-electron chi connectivity index (χ2n) is 7.38. The molecule has 3 rings (SSSR count). The van der Waals surface area contributed by atoms with Crippen LogP contribution in [0.2, 0.25) is 0 Å². The van der Waals surface area contributed by atoms with Crippen LogP contribution in [-0.4, -0.2) is 41.6 Å². The molecule has 1 unspecified atom stereocenters. The van der Waals surface area contributed by atoms with E-state index in [9.17, 15) is 14.9 Å². The van der Waals surface area contributed by atoms with Crippen molar-refractivity contribution in [1.82, 2.24) is 10.2 Å². The smallest absolute Gasteiger partial charge is 0.246 e. The van der Waals surface area contributed by atoms with Crippen molar-refractivity contribution < 1.29 is 9.59 Å². The lowest BCUT2D eigenvalue weighted by Crippen LogP contribution is -2.44. The number of carbonyl (C=O) groups is 2. The topological polar surface area (TPSA) is 102 Å². The molecule has 0 fully saturated rings. The highest BCUT2D eigenvalue weighted by molar-refractivity contribution is 6.05. The van der Waals surface area contributed by atoms with E-state index in [1.807, 2.05) is 39.0 Å². The average Bonchev–Trinajstić information content (AvgIpc) is 2.86. The predicted molar refractivity (Wildman–Crippen MR) is 115 cm³/mol. The summed E-state index contributed by atoms with van der Waals surface area (Å²) in [4.78, 5) is 28.8. The SMILES string of the molecule is CCc1nnc(N(C)CC(=O)N2c3ccccc3NC(=O)CC2C)c(C#N)c1CC. The third kappa shape index (κ3) is 3.96. The third-order valence-electron chi connectivity index (χ3n) is 5.30. The number of hydrogen-bond donors (Lipinski definition) is 1. The zero-order chi connectivity index (χ0) is 21.8. The number of aryl methyl sites for hydroxylation is 1. The maximum Gasteiger partial charge on any atom is 0.246 e. The molecule has 1 atom stereocenters. The van der Waals surface area contributed by atoms with Gasteiger partial charge in [0.1, 0.15) is 11.6 Å². The molecule has 1 aliphatic rings. The number of fused-ring (bicyclic) bond motifs is 1. The summed E-state index contributed by atoms with van der Waals surface area (Å²) >= 11 is 0. The van der Waals surface area contributed by atoms with Crippen LogP contribution in [0.1, 0.15) is 44.0 Å². The van der Waals surface area contributed by atoms with Crippen molar-refractivity contribution in [1.29, 1.82) is 5.26 Å². The lowest BCUT2D eigenvalue weighted by Gasteiger charge is -2.30. The number of nitrogens with one attached hydrogen (secondary N) is 1. The van der Waals surface area contributed by atoms with Crippen LogP contribution in [0.3, 0.4) is 0 Å². The van der Waals surface area contributed by atoms with Gasteiger partial charge in [-0.2, -0.15) is 10.4 Å². The van der Waals surface area contributed by atoms with E-state index in [1.165, 1.54) is 0 Å². The van der Waals surface area contributed by atoms with Gasteiger partial charge >= 0.3 is 0 Å². The number of rotatable bonds is 5. The van der Waals surface area contributed by atoms with Crippen molar-refractivity contribution in [3.63, 3.8) is 0 Å². The summed E-state index contributed by atoms with van der Waals surface area (Å²) < 4.78 is 0. The minimum atomic E-state index is -0.301. The Kier molecular flexibility index (Phi) is 6.31. The summed E-state index contributed by atoms with van der Waals surface area (Å²) in [5.74, 6) is 0.0843. The van der Waals surface area contributed by atoms with Crippen LogP contribution < -0.4 is 15.1 Å². The van der Waals surface area contributed by atoms with Gasteiger partial charge in [-0.05, 0) is 37.5 Å². The quantitative estimate of drug-likeness (QED) is 0.819. The molecule has 8 heteroatoms. The van der Waals surface area contributed by atoms with E-state index in [0.29, 0.717) is 35.6 Å². The van der Waals surface area contributed by atoms with Gasteiger partial charge in [-0.1, -0.05) is 26.0 Å². The maximum atomic E-state index is 13.3. The Balaban J connectivity index is 1.93. The van der Waals surface area contributed by atoms with E-state index in [2.05, 4.69) is 21.6 Å². The first-order valence-corrected chi connectivity index (χ1v) is 10.1. The highest BCUT2D eigenvalue weighted by Gasteiger charge is 2.30. The van der Waals surface area contributed by atoms with Crippen molar-refractivity contribution in [2.24, 2.45) is 0 Å². The second kappa shape index (κ2) is 8.91. The van der Waals surface area contributed by atoms with Crippen molar-refractivity contribution in [2.45, 2.75) is 46.1 Å². The Hall–Kier alpha value is -3.47. The molecule has 1 N–H and O–H groups in total. The first-order valence-electron chi connectivity index (χ1n) is 10.1. The molecule has 1 aliphatic heterocycles. The van der Waals surface area contributed by atoms with Crippen LogP contribution in [0.25, 0.3) is 0 Å². The van der Waals surface area contributed by atoms with Crippen LogP contribution in [0.4, 0.5) is 17.2 Å². The van der Waals surface area contributed by atoms with Crippen LogP contribution >= 0.6 is 0 Å². The molecule has 8 nitrogen and oxygen atoms in total. The molecule has 0 spiro atoms. The largest absolute Gasteiger partial charge is 0.348 e. The summed E-state index contributed by atoms with van der Waals surface area (Å²) in [5.41, 5.74) is 3.41. The fourth-order valence-corrected chi connectivity index (χ4v) is 3.87. The van der Waals surface area contributed by atoms with Crippen LogP contribution in [-0.2, 0) is 22.4 Å². The molecular formula is C22H26N6O2. The number of carbonyl (C=O) groups excluding carboxylic acids is 2. The minimum Gasteiger partial charge on any atom is -0.348 e. The summed E-state index contributed by atoms with van der Waals surface area (Å²) in [5, 5.41) is 21.1. The molecule has 1 aromatic heterocycles. The van der Waals surface area contributed by atoms with Crippen molar-refractivity contribution in [3.8, 4) is 6.07 Å². The molecule has 0 saturated heterocycles. The Bertz CT molecular complexity index is 1010. The van der Waals surface area contributed by atoms with Gasteiger partial charge in [0.05, 0.1) is 23.6 Å². The molecular weight excluding hydrogens is 380 g/mol. The van der Waals surface area contributed by atoms with Gasteiger partial charge in [0.2, 0.25) is 11.8 Å². The van der Waals surface area contributed by atoms with Gasteiger partial charge in [-0.15, -0.1) is 5.10 Å². The number of nitrogens with zero attached hydrogens (tertiary/aromatic N) is 5. The third-order valence-corrected chi connectivity index (χ3v) is 5.30. The number of likely N-dealkylation sites (N-methyl/N-ethyl adjacent to an activating group) is 1. The van der Waals surface area contributed by atoms with E-state index in [-0.39, 0.29) is 30.8 Å². The number of anilines is 3. The number of amides is 2. The van der Waals surface area contributed by atoms with E-state index in [4.69, 9.17) is 0 Å². The summed E-state index contributed by atoms with van der Waals surface area (Å²) in [6.45, 7) is 5.81. The maximum absolute atomic E-state index is 13.3. The molecule has 1 aromatic carbocycles. The van der Waals surface area contributed by atoms with Gasteiger partial charge in [-0.25, -0.2) is 0 Å². The Morgan fingerprint density at radius 3 is 2.70 bits per heavy atom. The van der Waals surface area contributed by atoms with Crippen molar-refractivity contribution in [2.75, 3.05) is 28.7 Å². The molecule has 0 radical (unpaired) electrons. The molecule has 2 aromatic rings. The zero-order valence-corrected chi connectivity index (χ0v) is 17.8. The molecule has 0 saturated carbocycles. The lowest BCUT2D eigenvalue weighted by atomic mass is 10.0. The summed E-state index contributed by atoms with van der Waals surface area (Å²) in [7, 11) is 1.73. The fourth-order valence-electron chi connectivity index (χ4n) is 3.87. The van der Waals surface area contributed by atoms with Gasteiger partial charge in [0, 0.05) is 19.5 Å². The lowest BCUT2D eigenvalue weighted by molar-refractivity contribution is -0.118. The standard InChI is InChI=1S/C22H26N6O2/c1-5-15-16(12-23)22(26-25-17(15)6-2)27(4)13-21(30)28-14(3)11-20(29)24-18-9-7-8-10-19(18)28/h7-10,14H,5-6,11,13H2,1-4H3,(H,24,29). The van der Waals surface area contributed by atoms with Crippen LogP contribution in [0.5, 0.6) is 0 Å². The van der Waals surface area contributed by atoms with Gasteiger partial charge in [0.25, 0.3) is 0 Å². The predicted octanol–water partition coefficient (Wildman–Crippen LogP) is 2.67. The number of benzene rings is 1. The van der Waals surface area contributed by atoms with Crippen LogP contribution in [0, 0.1) is 11.3 Å². The van der Waals surface area contributed by atoms with E-state index in [0.717, 1.165) is 11.3 Å². The van der Waals surface area contributed by atoms with Crippen molar-refractivity contribution >= 4 is 29.0 Å². The molecule has 2 heterocycles. The monoisotopic (exact) mass is 406 g/mol. The Morgan fingerprint density at radius 1 is 1.30 bits per heavy atom. The van der Waals surface area contributed by atoms with Gasteiger partial charge in [-0.3, -0.25) is 9.59 Å². The number of nitriles is 1.